The van der Waals surface area contributed by atoms with Gasteiger partial charge in [-0.2, -0.15) is 0 Å². The molecule has 1 aromatic carbocycles. The third kappa shape index (κ3) is 6.20. The zero-order valence-electron chi connectivity index (χ0n) is 18.0. The molecule has 30 heavy (non-hydrogen) atoms. The first kappa shape index (κ1) is 24.2. The van der Waals surface area contributed by atoms with Crippen molar-refractivity contribution >= 4 is 35.8 Å². The zero-order chi connectivity index (χ0) is 20.6. The lowest BCUT2D eigenvalue weighted by atomic mass is 10.1. The molecule has 0 atom stereocenters. The smallest absolute Gasteiger partial charge is 0.222 e. The summed E-state index contributed by atoms with van der Waals surface area (Å²) in [5.74, 6) is 1.93. The Labute approximate surface area is 195 Å². The Balaban J connectivity index is 0.00000320. The minimum absolute atomic E-state index is 0. The maximum absolute atomic E-state index is 11.8. The molecular weight excluding hydrogens is 493 g/mol. The largest absolute Gasteiger partial charge is 0.361 e. The highest BCUT2D eigenvalue weighted by Crippen LogP contribution is 2.16. The van der Waals surface area contributed by atoms with Crippen LogP contribution in [0.25, 0.3) is 0 Å². The number of amides is 1. The van der Waals surface area contributed by atoms with Gasteiger partial charge >= 0.3 is 0 Å². The lowest BCUT2D eigenvalue weighted by molar-refractivity contribution is -0.128. The molecule has 0 bridgehead atoms. The van der Waals surface area contributed by atoms with E-state index >= 15 is 0 Å². The van der Waals surface area contributed by atoms with Gasteiger partial charge in [-0.1, -0.05) is 43.3 Å². The van der Waals surface area contributed by atoms with E-state index in [2.05, 4.69) is 58.9 Å². The van der Waals surface area contributed by atoms with Crippen molar-refractivity contribution in [3.05, 3.63) is 52.4 Å². The number of likely N-dealkylation sites (tertiary alicyclic amines) is 1. The van der Waals surface area contributed by atoms with Crippen molar-refractivity contribution in [2.75, 3.05) is 13.6 Å². The molecule has 1 fully saturated rings. The van der Waals surface area contributed by atoms with E-state index in [1.807, 2.05) is 4.90 Å². The molecule has 0 radical (unpaired) electrons. The van der Waals surface area contributed by atoms with Gasteiger partial charge < -0.3 is 20.1 Å². The third-order valence-electron chi connectivity index (χ3n) is 5.29. The van der Waals surface area contributed by atoms with Crippen molar-refractivity contribution in [3.8, 4) is 0 Å². The maximum atomic E-state index is 11.8. The Morgan fingerprint density at radius 2 is 1.83 bits per heavy atom. The van der Waals surface area contributed by atoms with Gasteiger partial charge in [-0.05, 0) is 24.0 Å². The Morgan fingerprint density at radius 1 is 1.13 bits per heavy atom. The van der Waals surface area contributed by atoms with E-state index in [0.29, 0.717) is 26.1 Å². The van der Waals surface area contributed by atoms with Gasteiger partial charge in [-0.15, -0.1) is 24.0 Å². The number of hydrogen-bond donors (Lipinski definition) is 2. The van der Waals surface area contributed by atoms with Crippen molar-refractivity contribution in [1.29, 1.82) is 0 Å². The van der Waals surface area contributed by atoms with E-state index in [4.69, 9.17) is 4.52 Å². The first-order valence-electron chi connectivity index (χ1n) is 10.4. The van der Waals surface area contributed by atoms with Crippen LogP contribution in [0.3, 0.4) is 0 Å². The number of nitrogens with one attached hydrogen (secondary N) is 2. The highest BCUT2D eigenvalue weighted by atomic mass is 127. The molecule has 3 rings (SSSR count). The van der Waals surface area contributed by atoms with E-state index in [-0.39, 0.29) is 29.9 Å². The summed E-state index contributed by atoms with van der Waals surface area (Å²) in [5, 5.41) is 10.8. The lowest BCUT2D eigenvalue weighted by Gasteiger charge is -2.16. The van der Waals surface area contributed by atoms with Crippen molar-refractivity contribution in [2.24, 2.45) is 4.99 Å². The summed E-state index contributed by atoms with van der Waals surface area (Å²) in [6.45, 7) is 7.03. The van der Waals surface area contributed by atoms with Gasteiger partial charge in [-0.3, -0.25) is 9.79 Å². The summed E-state index contributed by atoms with van der Waals surface area (Å²) < 4.78 is 5.42. The number of aliphatic imine (C=N–C) groups is 1. The Bertz CT molecular complexity index is 826. The maximum Gasteiger partial charge on any atom is 0.222 e. The summed E-state index contributed by atoms with van der Waals surface area (Å²) >= 11 is 0. The summed E-state index contributed by atoms with van der Waals surface area (Å²) in [5.41, 5.74) is 4.45. The number of hydrogen-bond acceptors (Lipinski definition) is 4. The van der Waals surface area contributed by atoms with E-state index in [1.54, 1.807) is 7.05 Å². The monoisotopic (exact) mass is 525 g/mol. The van der Waals surface area contributed by atoms with Crippen molar-refractivity contribution in [2.45, 2.75) is 59.2 Å². The van der Waals surface area contributed by atoms with Gasteiger partial charge in [0.15, 0.2) is 5.96 Å². The number of carbonyl (C=O) groups excluding carboxylic acids is 1. The van der Waals surface area contributed by atoms with Crippen LogP contribution in [0, 0.1) is 0 Å². The number of aryl methyl sites for hydroxylation is 2. The number of benzene rings is 1. The summed E-state index contributed by atoms with van der Waals surface area (Å²) in [4.78, 5) is 18.0. The van der Waals surface area contributed by atoms with Crippen LogP contribution in [0.1, 0.15) is 54.8 Å². The minimum atomic E-state index is 0. The van der Waals surface area contributed by atoms with Crippen LogP contribution < -0.4 is 10.6 Å². The molecule has 0 saturated carbocycles. The standard InChI is InChI=1S/C22H31N5O2.HI/c1-4-19-18(20(5-2)29-26-19)14-25-22(23-3)24-13-16-8-10-17(11-9-16)15-27-12-6-7-21(27)28;/h8-11H,4-7,12-15H2,1-3H3,(H2,23,24,25);1H. The number of nitrogens with zero attached hydrogens (tertiary/aromatic N) is 3. The van der Waals surface area contributed by atoms with Crippen molar-refractivity contribution in [3.63, 3.8) is 0 Å². The van der Waals surface area contributed by atoms with Crippen LogP contribution >= 0.6 is 24.0 Å². The Hall–Kier alpha value is -2.10. The van der Waals surface area contributed by atoms with Crippen LogP contribution in [0.2, 0.25) is 0 Å². The predicted molar refractivity (Wildman–Crippen MR) is 129 cm³/mol. The van der Waals surface area contributed by atoms with Crippen LogP contribution in [0.4, 0.5) is 0 Å². The summed E-state index contributed by atoms with van der Waals surface area (Å²) in [6.07, 6.45) is 3.33. The average molecular weight is 525 g/mol. The SMILES string of the molecule is CCc1noc(CC)c1CNC(=NC)NCc1ccc(CN2CCCC2=O)cc1.I. The third-order valence-corrected chi connectivity index (χ3v) is 5.29. The molecule has 1 aliphatic heterocycles. The van der Waals surface area contributed by atoms with Gasteiger partial charge in [-0.25, -0.2) is 0 Å². The number of aromatic nitrogens is 1. The fourth-order valence-corrected chi connectivity index (χ4v) is 3.57. The molecule has 1 saturated heterocycles. The van der Waals surface area contributed by atoms with Crippen molar-refractivity contribution in [1.82, 2.24) is 20.7 Å². The quantitative estimate of drug-likeness (QED) is 0.314. The number of rotatable bonds is 8. The minimum Gasteiger partial charge on any atom is -0.361 e. The normalized spacial score (nSPS) is 14.0. The number of carbonyl (C=O) groups is 1. The Morgan fingerprint density at radius 3 is 2.43 bits per heavy atom. The molecule has 0 unspecified atom stereocenters. The molecule has 8 heteroatoms. The Kier molecular flexibility index (Phi) is 9.61. The van der Waals surface area contributed by atoms with Gasteiger partial charge in [0.2, 0.25) is 5.91 Å². The molecule has 164 valence electrons. The molecule has 1 aromatic heterocycles. The second-order valence-electron chi connectivity index (χ2n) is 7.25. The molecule has 0 aliphatic carbocycles. The fourth-order valence-electron chi connectivity index (χ4n) is 3.57. The second-order valence-corrected chi connectivity index (χ2v) is 7.25. The highest BCUT2D eigenvalue weighted by molar-refractivity contribution is 14.0. The van der Waals surface area contributed by atoms with Gasteiger partial charge in [0, 0.05) is 51.6 Å². The number of guanidine groups is 1. The topological polar surface area (TPSA) is 82.8 Å². The molecule has 1 aliphatic rings. The molecule has 2 heterocycles. The molecule has 2 aromatic rings. The second kappa shape index (κ2) is 11.9. The fraction of sp³-hybridized carbons (Fsp3) is 0.500. The van der Waals surface area contributed by atoms with Crippen LogP contribution in [-0.2, 0) is 37.3 Å². The van der Waals surface area contributed by atoms with E-state index in [9.17, 15) is 4.79 Å². The highest BCUT2D eigenvalue weighted by Gasteiger charge is 2.19. The summed E-state index contributed by atoms with van der Waals surface area (Å²) in [6, 6.07) is 8.38. The first-order chi connectivity index (χ1) is 14.1. The molecule has 0 spiro atoms. The molecular formula is C22H32IN5O2. The van der Waals surface area contributed by atoms with Crippen LogP contribution in [0.5, 0.6) is 0 Å². The number of halogens is 1. The van der Waals surface area contributed by atoms with E-state index in [1.165, 1.54) is 0 Å². The van der Waals surface area contributed by atoms with Crippen LogP contribution in [-0.4, -0.2) is 35.5 Å². The predicted octanol–water partition coefficient (Wildman–Crippen LogP) is 3.41. The van der Waals surface area contributed by atoms with Gasteiger partial charge in [0.25, 0.3) is 0 Å². The van der Waals surface area contributed by atoms with Crippen LogP contribution in [0.15, 0.2) is 33.8 Å². The lowest BCUT2D eigenvalue weighted by Crippen LogP contribution is -2.36. The summed E-state index contributed by atoms with van der Waals surface area (Å²) in [7, 11) is 1.76. The molecule has 2 N–H and O–H groups in total. The average Bonchev–Trinajstić information content (AvgIpc) is 3.34. The first-order valence-corrected chi connectivity index (χ1v) is 10.4. The van der Waals surface area contributed by atoms with Gasteiger partial charge in [0.1, 0.15) is 5.76 Å². The van der Waals surface area contributed by atoms with E-state index in [0.717, 1.165) is 59.9 Å². The van der Waals surface area contributed by atoms with Crippen molar-refractivity contribution < 1.29 is 9.32 Å². The zero-order valence-corrected chi connectivity index (χ0v) is 20.4. The van der Waals surface area contributed by atoms with Gasteiger partial charge in [0.05, 0.1) is 5.69 Å². The molecule has 1 amide bonds. The van der Waals surface area contributed by atoms with E-state index < -0.39 is 0 Å². The molecule has 7 nitrogen and oxygen atoms in total.